The van der Waals surface area contributed by atoms with Gasteiger partial charge in [0.1, 0.15) is 6.04 Å². The Balaban J connectivity index is 1.47. The molecular weight excluding hydrogens is 386 g/mol. The lowest BCUT2D eigenvalue weighted by atomic mass is 9.90. The van der Waals surface area contributed by atoms with Crippen molar-refractivity contribution < 1.29 is 9.32 Å². The highest BCUT2D eigenvalue weighted by molar-refractivity contribution is 5.87. The summed E-state index contributed by atoms with van der Waals surface area (Å²) in [5, 5.41) is 4.16. The predicted octanol–water partition coefficient (Wildman–Crippen LogP) is 5.23. The van der Waals surface area contributed by atoms with E-state index in [4.69, 9.17) is 4.52 Å². The van der Waals surface area contributed by atoms with E-state index in [1.807, 2.05) is 95.9 Å². The first-order valence-corrected chi connectivity index (χ1v) is 10.6. The molecule has 5 nitrogen and oxygen atoms in total. The molecule has 1 amide bonds. The van der Waals surface area contributed by atoms with Gasteiger partial charge in [0.05, 0.1) is 5.92 Å². The molecule has 0 bridgehead atoms. The highest BCUT2D eigenvalue weighted by Crippen LogP contribution is 2.36. The van der Waals surface area contributed by atoms with Crippen LogP contribution in [-0.4, -0.2) is 27.5 Å². The average molecular weight is 409 g/mol. The number of benzene rings is 3. The Hall–Kier alpha value is -3.73. The number of aromatic nitrogens is 2. The molecule has 0 saturated carbocycles. The summed E-state index contributed by atoms with van der Waals surface area (Å²) in [6.07, 6.45) is 1.73. The summed E-state index contributed by atoms with van der Waals surface area (Å²) >= 11 is 0. The maximum Gasteiger partial charge on any atom is 0.249 e. The zero-order valence-corrected chi connectivity index (χ0v) is 17.1. The quantitative estimate of drug-likeness (QED) is 0.453. The Morgan fingerprint density at radius 2 is 1.45 bits per heavy atom. The van der Waals surface area contributed by atoms with Crippen molar-refractivity contribution in [3.8, 4) is 11.4 Å². The fraction of sp³-hybridized carbons (Fsp3) is 0.192. The van der Waals surface area contributed by atoms with Crippen molar-refractivity contribution in [2.75, 3.05) is 6.54 Å². The van der Waals surface area contributed by atoms with Gasteiger partial charge in [-0.1, -0.05) is 96.2 Å². The molecule has 0 N–H and O–H groups in total. The monoisotopic (exact) mass is 409 g/mol. The van der Waals surface area contributed by atoms with Crippen molar-refractivity contribution >= 4 is 5.91 Å². The van der Waals surface area contributed by atoms with Gasteiger partial charge in [-0.05, 0) is 24.0 Å². The number of amides is 1. The van der Waals surface area contributed by atoms with Gasteiger partial charge in [-0.2, -0.15) is 4.98 Å². The molecule has 4 aromatic rings. The molecule has 1 aliphatic heterocycles. The summed E-state index contributed by atoms with van der Waals surface area (Å²) in [6, 6.07) is 29.5. The van der Waals surface area contributed by atoms with Crippen LogP contribution in [0.15, 0.2) is 95.5 Å². The first-order valence-electron chi connectivity index (χ1n) is 10.6. The third-order valence-corrected chi connectivity index (χ3v) is 5.81. The zero-order chi connectivity index (χ0) is 21.0. The van der Waals surface area contributed by atoms with Gasteiger partial charge in [-0.15, -0.1) is 0 Å². The van der Waals surface area contributed by atoms with Gasteiger partial charge in [-0.25, -0.2) is 0 Å². The van der Waals surface area contributed by atoms with Crippen LogP contribution in [0.2, 0.25) is 0 Å². The van der Waals surface area contributed by atoms with Crippen LogP contribution in [0.4, 0.5) is 0 Å². The first-order chi connectivity index (χ1) is 15.3. The molecule has 1 aliphatic rings. The van der Waals surface area contributed by atoms with Crippen LogP contribution in [0, 0.1) is 0 Å². The lowest BCUT2D eigenvalue weighted by Gasteiger charge is -2.27. The van der Waals surface area contributed by atoms with Gasteiger partial charge < -0.3 is 9.42 Å². The molecule has 0 aliphatic carbocycles. The highest BCUT2D eigenvalue weighted by Gasteiger charge is 2.38. The van der Waals surface area contributed by atoms with E-state index in [2.05, 4.69) is 10.1 Å². The van der Waals surface area contributed by atoms with Gasteiger partial charge in [-0.3, -0.25) is 4.79 Å². The summed E-state index contributed by atoms with van der Waals surface area (Å²) in [5.74, 6) is 0.765. The topological polar surface area (TPSA) is 59.2 Å². The summed E-state index contributed by atoms with van der Waals surface area (Å²) in [7, 11) is 0. The molecule has 3 aromatic carbocycles. The minimum absolute atomic E-state index is 0.0689. The number of likely N-dealkylation sites (tertiary alicyclic amines) is 1. The first kappa shape index (κ1) is 19.2. The molecule has 31 heavy (non-hydrogen) atoms. The molecule has 0 spiro atoms. The summed E-state index contributed by atoms with van der Waals surface area (Å²) in [5.41, 5.74) is 2.87. The van der Waals surface area contributed by atoms with Gasteiger partial charge in [0.25, 0.3) is 0 Å². The molecule has 5 heteroatoms. The lowest BCUT2D eigenvalue weighted by Crippen LogP contribution is -2.35. The summed E-state index contributed by atoms with van der Waals surface area (Å²) in [4.78, 5) is 20.4. The van der Waals surface area contributed by atoms with Crippen molar-refractivity contribution in [3.63, 3.8) is 0 Å². The maximum atomic E-state index is 13.8. The number of rotatable bonds is 5. The third kappa shape index (κ3) is 3.87. The van der Waals surface area contributed by atoms with E-state index in [1.54, 1.807) is 0 Å². The van der Waals surface area contributed by atoms with Crippen LogP contribution in [0.25, 0.3) is 11.4 Å². The van der Waals surface area contributed by atoms with Crippen molar-refractivity contribution in [3.05, 3.63) is 108 Å². The normalized spacial score (nSPS) is 16.0. The van der Waals surface area contributed by atoms with Gasteiger partial charge >= 0.3 is 0 Å². The van der Waals surface area contributed by atoms with Crippen LogP contribution in [0.1, 0.15) is 41.8 Å². The molecule has 1 saturated heterocycles. The second kappa shape index (κ2) is 8.56. The number of carbonyl (C=O) groups is 1. The highest BCUT2D eigenvalue weighted by atomic mass is 16.5. The fourth-order valence-electron chi connectivity index (χ4n) is 4.30. The second-order valence-corrected chi connectivity index (χ2v) is 7.77. The molecule has 2 heterocycles. The molecule has 154 valence electrons. The summed E-state index contributed by atoms with van der Waals surface area (Å²) < 4.78 is 5.62. The van der Waals surface area contributed by atoms with E-state index in [-0.39, 0.29) is 17.9 Å². The number of carbonyl (C=O) groups excluding carboxylic acids is 1. The Labute approximate surface area is 181 Å². The van der Waals surface area contributed by atoms with Gasteiger partial charge in [0, 0.05) is 12.1 Å². The Bertz CT molecular complexity index is 1100. The van der Waals surface area contributed by atoms with Crippen molar-refractivity contribution in [2.24, 2.45) is 0 Å². The predicted molar refractivity (Wildman–Crippen MR) is 118 cm³/mol. The van der Waals surface area contributed by atoms with E-state index >= 15 is 0 Å². The Morgan fingerprint density at radius 3 is 2.06 bits per heavy atom. The fourth-order valence-corrected chi connectivity index (χ4v) is 4.30. The molecule has 5 rings (SSSR count). The molecule has 0 radical (unpaired) electrons. The van der Waals surface area contributed by atoms with Crippen molar-refractivity contribution in [2.45, 2.75) is 24.8 Å². The van der Waals surface area contributed by atoms with Crippen molar-refractivity contribution in [1.29, 1.82) is 0 Å². The van der Waals surface area contributed by atoms with Crippen molar-refractivity contribution in [1.82, 2.24) is 15.0 Å². The van der Waals surface area contributed by atoms with Crippen LogP contribution < -0.4 is 0 Å². The third-order valence-electron chi connectivity index (χ3n) is 5.81. The Kier molecular flexibility index (Phi) is 5.31. The minimum atomic E-state index is -0.362. The van der Waals surface area contributed by atoms with Gasteiger partial charge in [0.2, 0.25) is 17.6 Å². The maximum absolute atomic E-state index is 13.8. The molecule has 1 aromatic heterocycles. The zero-order valence-electron chi connectivity index (χ0n) is 17.1. The van der Waals surface area contributed by atoms with Crippen LogP contribution in [-0.2, 0) is 4.79 Å². The second-order valence-electron chi connectivity index (χ2n) is 7.77. The van der Waals surface area contributed by atoms with Crippen LogP contribution >= 0.6 is 0 Å². The lowest BCUT2D eigenvalue weighted by molar-refractivity contribution is -0.133. The van der Waals surface area contributed by atoms with E-state index in [0.29, 0.717) is 18.3 Å². The molecule has 1 fully saturated rings. The summed E-state index contributed by atoms with van der Waals surface area (Å²) in [6.45, 7) is 0.683. The van der Waals surface area contributed by atoms with E-state index in [1.165, 1.54) is 0 Å². The van der Waals surface area contributed by atoms with Crippen LogP contribution in [0.5, 0.6) is 0 Å². The van der Waals surface area contributed by atoms with E-state index < -0.39 is 0 Å². The molecule has 1 unspecified atom stereocenters. The largest absolute Gasteiger partial charge is 0.337 e. The smallest absolute Gasteiger partial charge is 0.249 e. The molecule has 1 atom stereocenters. The van der Waals surface area contributed by atoms with E-state index in [9.17, 15) is 4.79 Å². The Morgan fingerprint density at radius 1 is 0.871 bits per heavy atom. The van der Waals surface area contributed by atoms with Gasteiger partial charge in [0.15, 0.2) is 0 Å². The van der Waals surface area contributed by atoms with Crippen LogP contribution in [0.3, 0.4) is 0 Å². The SMILES string of the molecule is O=C(C(c1ccccc1)c1ccccc1)N1CCCC1c1nc(-c2ccccc2)no1. The number of hydrogen-bond acceptors (Lipinski definition) is 4. The average Bonchev–Trinajstić information content (AvgIpc) is 3.51. The number of hydrogen-bond donors (Lipinski definition) is 0. The number of nitrogens with zero attached hydrogens (tertiary/aromatic N) is 3. The van der Waals surface area contributed by atoms with E-state index in [0.717, 1.165) is 29.5 Å². The standard InChI is InChI=1S/C26H23N3O2/c30-26(23(19-11-4-1-5-12-19)20-13-6-2-7-14-20)29-18-10-17-22(29)25-27-24(28-31-25)21-15-8-3-9-16-21/h1-9,11-16,22-23H,10,17-18H2. The molecular formula is C26H23N3O2. The minimum Gasteiger partial charge on any atom is -0.337 e.